The number of alkyl halides is 2. The van der Waals surface area contributed by atoms with Crippen LogP contribution in [0, 0.1) is 0 Å². The summed E-state index contributed by atoms with van der Waals surface area (Å²) in [7, 11) is 3.58. The number of aliphatic imine (C=N–C) groups is 1. The first kappa shape index (κ1) is 18.1. The largest absolute Gasteiger partial charge is 0.434 e. The van der Waals surface area contributed by atoms with Crippen LogP contribution in [0.3, 0.4) is 0 Å². The van der Waals surface area contributed by atoms with E-state index in [2.05, 4.69) is 20.4 Å². The lowest BCUT2D eigenvalue weighted by Crippen LogP contribution is -2.36. The molecule has 2 aromatic rings. The Kier molecular flexibility index (Phi) is 6.43. The lowest BCUT2D eigenvalue weighted by Gasteiger charge is -2.14. The Labute approximate surface area is 144 Å². The van der Waals surface area contributed by atoms with Crippen molar-refractivity contribution < 1.29 is 13.5 Å². The number of hydrogen-bond acceptors (Lipinski definition) is 2. The molecule has 0 unspecified atom stereocenters. The maximum atomic E-state index is 12.5. The second kappa shape index (κ2) is 8.54. The second-order valence-corrected chi connectivity index (χ2v) is 5.53. The number of nitrogens with zero attached hydrogens (tertiary/aromatic N) is 2. The van der Waals surface area contributed by atoms with Crippen molar-refractivity contribution in [2.45, 2.75) is 19.7 Å². The van der Waals surface area contributed by atoms with Crippen molar-refractivity contribution in [3.63, 3.8) is 0 Å². The Hall–Kier alpha value is -2.28. The van der Waals surface area contributed by atoms with E-state index in [0.717, 1.165) is 5.56 Å². The van der Waals surface area contributed by atoms with Gasteiger partial charge in [-0.05, 0) is 29.8 Å². The number of aryl methyl sites for hydroxylation is 1. The normalized spacial score (nSPS) is 11.7. The summed E-state index contributed by atoms with van der Waals surface area (Å²) in [6.07, 6.45) is 3.94. The molecule has 0 bridgehead atoms. The molecule has 0 aliphatic carbocycles. The van der Waals surface area contributed by atoms with Crippen molar-refractivity contribution >= 4 is 17.6 Å². The molecule has 0 spiro atoms. The van der Waals surface area contributed by atoms with Gasteiger partial charge < -0.3 is 19.9 Å². The van der Waals surface area contributed by atoms with E-state index >= 15 is 0 Å². The van der Waals surface area contributed by atoms with Gasteiger partial charge in [0.2, 0.25) is 0 Å². The van der Waals surface area contributed by atoms with Crippen LogP contribution in [0.2, 0.25) is 5.02 Å². The zero-order valence-electron chi connectivity index (χ0n) is 13.4. The average molecular weight is 357 g/mol. The summed E-state index contributed by atoms with van der Waals surface area (Å²) in [6, 6.07) is 6.50. The van der Waals surface area contributed by atoms with Crippen molar-refractivity contribution in [1.82, 2.24) is 15.2 Å². The molecule has 1 aromatic heterocycles. The van der Waals surface area contributed by atoms with Gasteiger partial charge >= 0.3 is 6.61 Å². The third-order valence-corrected chi connectivity index (χ3v) is 3.50. The van der Waals surface area contributed by atoms with Gasteiger partial charge in [-0.25, -0.2) is 0 Å². The molecule has 1 heterocycles. The highest BCUT2D eigenvalue weighted by Crippen LogP contribution is 2.24. The smallest absolute Gasteiger partial charge is 0.387 e. The lowest BCUT2D eigenvalue weighted by atomic mass is 10.2. The predicted molar refractivity (Wildman–Crippen MR) is 90.5 cm³/mol. The van der Waals surface area contributed by atoms with Gasteiger partial charge in [0.25, 0.3) is 0 Å². The summed E-state index contributed by atoms with van der Waals surface area (Å²) >= 11 is 5.93. The van der Waals surface area contributed by atoms with Gasteiger partial charge in [0.05, 0.1) is 0 Å². The van der Waals surface area contributed by atoms with Crippen LogP contribution in [0.4, 0.5) is 8.78 Å². The van der Waals surface area contributed by atoms with Crippen molar-refractivity contribution in [1.29, 1.82) is 0 Å². The first-order valence-corrected chi connectivity index (χ1v) is 7.64. The fraction of sp³-hybridized carbons (Fsp3) is 0.312. The second-order valence-electron chi connectivity index (χ2n) is 5.10. The highest BCUT2D eigenvalue weighted by molar-refractivity contribution is 6.30. The van der Waals surface area contributed by atoms with Crippen molar-refractivity contribution in [2.75, 3.05) is 7.05 Å². The summed E-state index contributed by atoms with van der Waals surface area (Å²) < 4.78 is 31.4. The number of halogens is 3. The maximum absolute atomic E-state index is 12.5. The Bertz CT molecular complexity index is 703. The molecule has 5 nitrogen and oxygen atoms in total. The molecule has 0 aliphatic heterocycles. The summed E-state index contributed by atoms with van der Waals surface area (Å²) in [5, 5.41) is 6.64. The molecule has 2 N–H and O–H groups in total. The van der Waals surface area contributed by atoms with Crippen LogP contribution < -0.4 is 15.4 Å². The monoisotopic (exact) mass is 356 g/mol. The third kappa shape index (κ3) is 5.42. The van der Waals surface area contributed by atoms with Crippen LogP contribution in [-0.4, -0.2) is 24.2 Å². The molecule has 0 saturated heterocycles. The van der Waals surface area contributed by atoms with E-state index in [9.17, 15) is 8.78 Å². The van der Waals surface area contributed by atoms with Crippen LogP contribution in [0.5, 0.6) is 5.75 Å². The van der Waals surface area contributed by atoms with Gasteiger partial charge in [0.1, 0.15) is 5.75 Å². The standard InChI is InChI=1S/C16H19ClF2N4O/c1-20-16(21-8-11-5-6-23(2)10-11)22-9-12-7-13(17)3-4-14(12)24-15(18)19/h3-7,10,15H,8-9H2,1-2H3,(H2,20,21,22). The van der Waals surface area contributed by atoms with Crippen LogP contribution in [0.25, 0.3) is 0 Å². The van der Waals surface area contributed by atoms with Crippen LogP contribution >= 0.6 is 11.6 Å². The highest BCUT2D eigenvalue weighted by Gasteiger charge is 2.11. The average Bonchev–Trinajstić information content (AvgIpc) is 2.95. The molecular formula is C16H19ClF2N4O. The highest BCUT2D eigenvalue weighted by atomic mass is 35.5. The molecule has 24 heavy (non-hydrogen) atoms. The van der Waals surface area contributed by atoms with Crippen LogP contribution in [-0.2, 0) is 20.1 Å². The number of benzene rings is 1. The Balaban J connectivity index is 1.96. The minimum Gasteiger partial charge on any atom is -0.434 e. The number of ether oxygens (including phenoxy) is 1. The molecule has 0 amide bonds. The van der Waals surface area contributed by atoms with Gasteiger partial charge in [-0.2, -0.15) is 8.78 Å². The van der Waals surface area contributed by atoms with Crippen molar-refractivity contribution in [3.05, 3.63) is 52.8 Å². The number of aromatic nitrogens is 1. The Morgan fingerprint density at radius 2 is 2.04 bits per heavy atom. The number of rotatable bonds is 6. The minimum atomic E-state index is -2.89. The third-order valence-electron chi connectivity index (χ3n) is 3.26. The summed E-state index contributed by atoms with van der Waals surface area (Å²) in [4.78, 5) is 4.10. The van der Waals surface area contributed by atoms with Gasteiger partial charge in [0.15, 0.2) is 5.96 Å². The van der Waals surface area contributed by atoms with Crippen LogP contribution in [0.15, 0.2) is 41.7 Å². The van der Waals surface area contributed by atoms with E-state index in [1.54, 1.807) is 13.1 Å². The first-order valence-electron chi connectivity index (χ1n) is 7.26. The van der Waals surface area contributed by atoms with Gasteiger partial charge in [-0.15, -0.1) is 0 Å². The molecule has 0 radical (unpaired) electrons. The SMILES string of the molecule is CN=C(NCc1ccn(C)c1)NCc1cc(Cl)ccc1OC(F)F. The Morgan fingerprint density at radius 3 is 2.67 bits per heavy atom. The topological polar surface area (TPSA) is 50.6 Å². The molecule has 0 saturated carbocycles. The van der Waals surface area contributed by atoms with E-state index in [1.165, 1.54) is 12.1 Å². The molecule has 0 atom stereocenters. The fourth-order valence-electron chi connectivity index (χ4n) is 2.15. The zero-order valence-corrected chi connectivity index (χ0v) is 14.1. The van der Waals surface area contributed by atoms with E-state index in [1.807, 2.05) is 30.1 Å². The summed E-state index contributed by atoms with van der Waals surface area (Å²) in [5.41, 5.74) is 1.62. The fourth-order valence-corrected chi connectivity index (χ4v) is 2.34. The molecule has 0 aliphatic rings. The summed E-state index contributed by atoms with van der Waals surface area (Å²) in [5.74, 6) is 0.627. The maximum Gasteiger partial charge on any atom is 0.387 e. The van der Waals surface area contributed by atoms with Gasteiger partial charge in [-0.3, -0.25) is 4.99 Å². The lowest BCUT2D eigenvalue weighted by molar-refractivity contribution is -0.0504. The van der Waals surface area contributed by atoms with E-state index < -0.39 is 6.61 Å². The number of guanidine groups is 1. The van der Waals surface area contributed by atoms with Crippen LogP contribution in [0.1, 0.15) is 11.1 Å². The molecule has 2 rings (SSSR count). The minimum absolute atomic E-state index is 0.0837. The first-order chi connectivity index (χ1) is 11.5. The molecule has 0 fully saturated rings. The Morgan fingerprint density at radius 1 is 1.29 bits per heavy atom. The predicted octanol–water partition coefficient (Wildman–Crippen LogP) is 3.15. The number of nitrogens with one attached hydrogen (secondary N) is 2. The molecular weight excluding hydrogens is 338 g/mol. The van der Waals surface area contributed by atoms with E-state index in [0.29, 0.717) is 23.1 Å². The van der Waals surface area contributed by atoms with E-state index in [4.69, 9.17) is 11.6 Å². The number of hydrogen-bond donors (Lipinski definition) is 2. The summed E-state index contributed by atoms with van der Waals surface area (Å²) in [6.45, 7) is -2.05. The van der Waals surface area contributed by atoms with Gasteiger partial charge in [0, 0.05) is 50.2 Å². The molecule has 8 heteroatoms. The zero-order chi connectivity index (χ0) is 17.5. The van der Waals surface area contributed by atoms with Crippen molar-refractivity contribution in [3.8, 4) is 5.75 Å². The molecule has 130 valence electrons. The quantitative estimate of drug-likeness (QED) is 0.617. The van der Waals surface area contributed by atoms with Gasteiger partial charge in [-0.1, -0.05) is 11.6 Å². The van der Waals surface area contributed by atoms with Crippen molar-refractivity contribution in [2.24, 2.45) is 12.0 Å². The molecule has 1 aromatic carbocycles. The van der Waals surface area contributed by atoms with E-state index in [-0.39, 0.29) is 12.3 Å².